The van der Waals surface area contributed by atoms with E-state index >= 15 is 0 Å². The Hall–Kier alpha value is -1.90. The van der Waals surface area contributed by atoms with Gasteiger partial charge in [-0.15, -0.1) is 0 Å². The second-order valence-corrected chi connectivity index (χ2v) is 4.59. The molecule has 1 fully saturated rings. The average molecular weight is 226 g/mol. The summed E-state index contributed by atoms with van der Waals surface area (Å²) < 4.78 is 0. The Labute approximate surface area is 99.9 Å². The number of nitrogens with one attached hydrogen (secondary N) is 1. The van der Waals surface area contributed by atoms with Crippen LogP contribution in [-0.2, 0) is 4.79 Å². The highest BCUT2D eigenvalue weighted by molar-refractivity contribution is 6.02. The van der Waals surface area contributed by atoms with Crippen molar-refractivity contribution in [1.82, 2.24) is 4.98 Å². The van der Waals surface area contributed by atoms with Crippen molar-refractivity contribution in [3.05, 3.63) is 36.0 Å². The Bertz CT molecular complexity index is 588. The van der Waals surface area contributed by atoms with Crippen LogP contribution in [0.25, 0.3) is 10.9 Å². The SMILES string of the molecule is Cc1cc(NC(=O)C2CC2)c2ccccc2n1. The molecule has 1 N–H and O–H groups in total. The topological polar surface area (TPSA) is 42.0 Å². The number of aryl methyl sites for hydroxylation is 1. The molecule has 0 radical (unpaired) electrons. The molecule has 3 rings (SSSR count). The molecule has 1 aliphatic carbocycles. The fourth-order valence-electron chi connectivity index (χ4n) is 1.99. The minimum Gasteiger partial charge on any atom is -0.325 e. The van der Waals surface area contributed by atoms with E-state index in [2.05, 4.69) is 10.3 Å². The summed E-state index contributed by atoms with van der Waals surface area (Å²) in [6, 6.07) is 9.81. The second-order valence-electron chi connectivity index (χ2n) is 4.59. The Morgan fingerprint density at radius 2 is 2.12 bits per heavy atom. The molecule has 86 valence electrons. The molecule has 0 atom stereocenters. The molecule has 1 aliphatic rings. The molecule has 0 bridgehead atoms. The lowest BCUT2D eigenvalue weighted by atomic mass is 10.1. The number of aromatic nitrogens is 1. The van der Waals surface area contributed by atoms with Gasteiger partial charge in [-0.25, -0.2) is 0 Å². The highest BCUT2D eigenvalue weighted by Crippen LogP contribution is 2.31. The summed E-state index contributed by atoms with van der Waals surface area (Å²) in [6.07, 6.45) is 2.04. The van der Waals surface area contributed by atoms with Gasteiger partial charge in [0.15, 0.2) is 0 Å². The largest absolute Gasteiger partial charge is 0.325 e. The summed E-state index contributed by atoms with van der Waals surface area (Å²) in [6.45, 7) is 1.94. The van der Waals surface area contributed by atoms with Crippen LogP contribution < -0.4 is 5.32 Å². The van der Waals surface area contributed by atoms with Crippen molar-refractivity contribution in [3.63, 3.8) is 0 Å². The molecule has 3 nitrogen and oxygen atoms in total. The first-order chi connectivity index (χ1) is 8.24. The van der Waals surface area contributed by atoms with Crippen molar-refractivity contribution in [1.29, 1.82) is 0 Å². The number of hydrogen-bond acceptors (Lipinski definition) is 2. The molecule has 1 saturated carbocycles. The molecule has 2 aromatic rings. The molecule has 1 aromatic heterocycles. The molecule has 1 amide bonds. The molecule has 3 heteroatoms. The van der Waals surface area contributed by atoms with Gasteiger partial charge < -0.3 is 5.32 Å². The number of carbonyl (C=O) groups is 1. The number of rotatable bonds is 2. The van der Waals surface area contributed by atoms with E-state index in [0.717, 1.165) is 35.1 Å². The van der Waals surface area contributed by atoms with Crippen LogP contribution in [0.15, 0.2) is 30.3 Å². The summed E-state index contributed by atoms with van der Waals surface area (Å²) >= 11 is 0. The Morgan fingerprint density at radius 1 is 1.35 bits per heavy atom. The predicted molar refractivity (Wildman–Crippen MR) is 67.8 cm³/mol. The van der Waals surface area contributed by atoms with Gasteiger partial charge in [-0.05, 0) is 31.9 Å². The van der Waals surface area contributed by atoms with Crippen LogP contribution in [0.3, 0.4) is 0 Å². The normalized spacial score (nSPS) is 14.9. The van der Waals surface area contributed by atoms with Gasteiger partial charge in [0.2, 0.25) is 5.91 Å². The first-order valence-electron chi connectivity index (χ1n) is 5.91. The van der Waals surface area contributed by atoms with Crippen LogP contribution in [0.5, 0.6) is 0 Å². The van der Waals surface area contributed by atoms with E-state index in [9.17, 15) is 4.79 Å². The second kappa shape index (κ2) is 3.84. The summed E-state index contributed by atoms with van der Waals surface area (Å²) in [5.41, 5.74) is 2.73. The first-order valence-corrected chi connectivity index (χ1v) is 5.91. The number of carbonyl (C=O) groups excluding carboxylic acids is 1. The van der Waals surface area contributed by atoms with Crippen LogP contribution in [0, 0.1) is 12.8 Å². The standard InChI is InChI=1S/C14H14N2O/c1-9-8-13(16-14(17)10-6-7-10)11-4-2-3-5-12(11)15-9/h2-5,8,10H,6-7H2,1H3,(H,15,16,17). The Balaban J connectivity index is 2.04. The van der Waals surface area contributed by atoms with E-state index in [4.69, 9.17) is 0 Å². The van der Waals surface area contributed by atoms with Crippen molar-refractivity contribution in [2.75, 3.05) is 5.32 Å². The van der Waals surface area contributed by atoms with Crippen LogP contribution in [-0.4, -0.2) is 10.9 Å². The zero-order valence-corrected chi connectivity index (χ0v) is 9.73. The van der Waals surface area contributed by atoms with Gasteiger partial charge in [-0.3, -0.25) is 9.78 Å². The van der Waals surface area contributed by atoms with Crippen LogP contribution in [0.1, 0.15) is 18.5 Å². The van der Waals surface area contributed by atoms with Gasteiger partial charge in [-0.1, -0.05) is 18.2 Å². The molecule has 1 heterocycles. The van der Waals surface area contributed by atoms with Gasteiger partial charge >= 0.3 is 0 Å². The van der Waals surface area contributed by atoms with Gasteiger partial charge in [0.25, 0.3) is 0 Å². The van der Waals surface area contributed by atoms with E-state index in [1.807, 2.05) is 37.3 Å². The Morgan fingerprint density at radius 3 is 2.88 bits per heavy atom. The summed E-state index contributed by atoms with van der Waals surface area (Å²) in [5, 5.41) is 4.02. The average Bonchev–Trinajstić information content (AvgIpc) is 3.12. The van der Waals surface area contributed by atoms with E-state index in [0.29, 0.717) is 0 Å². The number of fused-ring (bicyclic) bond motifs is 1. The third-order valence-corrected chi connectivity index (χ3v) is 3.05. The van der Waals surface area contributed by atoms with E-state index in [1.54, 1.807) is 0 Å². The van der Waals surface area contributed by atoms with Crippen molar-refractivity contribution < 1.29 is 4.79 Å². The predicted octanol–water partition coefficient (Wildman–Crippen LogP) is 2.89. The first kappa shape index (κ1) is 10.3. The maximum Gasteiger partial charge on any atom is 0.227 e. The molecule has 1 aromatic carbocycles. The number of benzene rings is 1. The summed E-state index contributed by atoms with van der Waals surface area (Å²) in [4.78, 5) is 16.3. The molecular formula is C14H14N2O. The molecular weight excluding hydrogens is 212 g/mol. The minimum atomic E-state index is 0.140. The monoisotopic (exact) mass is 226 g/mol. The van der Waals surface area contributed by atoms with E-state index in [1.165, 1.54) is 0 Å². The zero-order chi connectivity index (χ0) is 11.8. The molecule has 0 saturated heterocycles. The summed E-state index contributed by atoms with van der Waals surface area (Å²) in [5.74, 6) is 0.364. The Kier molecular flexibility index (Phi) is 2.32. The minimum absolute atomic E-state index is 0.140. The molecule has 17 heavy (non-hydrogen) atoms. The number of hydrogen-bond donors (Lipinski definition) is 1. The maximum absolute atomic E-state index is 11.8. The number of amides is 1. The van der Waals surface area contributed by atoms with E-state index in [-0.39, 0.29) is 11.8 Å². The fraction of sp³-hybridized carbons (Fsp3) is 0.286. The van der Waals surface area contributed by atoms with Gasteiger partial charge in [-0.2, -0.15) is 0 Å². The van der Waals surface area contributed by atoms with Gasteiger partial charge in [0.05, 0.1) is 11.2 Å². The van der Waals surface area contributed by atoms with Gasteiger partial charge in [0.1, 0.15) is 0 Å². The van der Waals surface area contributed by atoms with Crippen LogP contribution >= 0.6 is 0 Å². The van der Waals surface area contributed by atoms with Crippen molar-refractivity contribution in [3.8, 4) is 0 Å². The number of para-hydroxylation sites is 1. The van der Waals surface area contributed by atoms with Crippen molar-refractivity contribution in [2.45, 2.75) is 19.8 Å². The van der Waals surface area contributed by atoms with E-state index < -0.39 is 0 Å². The van der Waals surface area contributed by atoms with Crippen LogP contribution in [0.4, 0.5) is 5.69 Å². The van der Waals surface area contributed by atoms with Crippen LogP contribution in [0.2, 0.25) is 0 Å². The number of pyridine rings is 1. The molecule has 0 aliphatic heterocycles. The lowest BCUT2D eigenvalue weighted by molar-refractivity contribution is -0.117. The molecule has 0 unspecified atom stereocenters. The lowest BCUT2D eigenvalue weighted by Crippen LogP contribution is -2.13. The smallest absolute Gasteiger partial charge is 0.227 e. The molecule has 0 spiro atoms. The van der Waals surface area contributed by atoms with Gasteiger partial charge in [0, 0.05) is 17.0 Å². The fourth-order valence-corrected chi connectivity index (χ4v) is 1.99. The van der Waals surface area contributed by atoms with Crippen molar-refractivity contribution >= 4 is 22.5 Å². The third kappa shape index (κ3) is 2.00. The number of anilines is 1. The maximum atomic E-state index is 11.8. The van der Waals surface area contributed by atoms with Crippen molar-refractivity contribution in [2.24, 2.45) is 5.92 Å². The highest BCUT2D eigenvalue weighted by Gasteiger charge is 2.29. The summed E-state index contributed by atoms with van der Waals surface area (Å²) in [7, 11) is 0. The highest BCUT2D eigenvalue weighted by atomic mass is 16.2. The third-order valence-electron chi connectivity index (χ3n) is 3.05. The lowest BCUT2D eigenvalue weighted by Gasteiger charge is -2.09. The quantitative estimate of drug-likeness (QED) is 0.855. The number of nitrogens with zero attached hydrogens (tertiary/aromatic N) is 1. The zero-order valence-electron chi connectivity index (χ0n) is 9.73.